The van der Waals surface area contributed by atoms with E-state index in [0.29, 0.717) is 12.0 Å². The lowest BCUT2D eigenvalue weighted by Gasteiger charge is -2.53. The fourth-order valence-corrected chi connectivity index (χ4v) is 5.66. The van der Waals surface area contributed by atoms with Crippen molar-refractivity contribution in [1.29, 1.82) is 0 Å². The van der Waals surface area contributed by atoms with Crippen molar-refractivity contribution < 1.29 is 14.3 Å². The van der Waals surface area contributed by atoms with Gasteiger partial charge in [0.1, 0.15) is 11.8 Å². The summed E-state index contributed by atoms with van der Waals surface area (Å²) >= 11 is 0. The van der Waals surface area contributed by atoms with Gasteiger partial charge in [-0.05, 0) is 60.2 Å². The molecule has 2 fully saturated rings. The van der Waals surface area contributed by atoms with Crippen LogP contribution in [0.15, 0.2) is 54.6 Å². The van der Waals surface area contributed by atoms with E-state index in [4.69, 9.17) is 4.74 Å². The van der Waals surface area contributed by atoms with E-state index in [2.05, 4.69) is 11.9 Å². The summed E-state index contributed by atoms with van der Waals surface area (Å²) in [6, 6.07) is 14.9. The molecule has 1 spiro atoms. The third-order valence-electron chi connectivity index (χ3n) is 7.38. The van der Waals surface area contributed by atoms with E-state index in [1.807, 2.05) is 53.4 Å². The molecule has 3 aliphatic rings. The number of likely N-dealkylation sites (tertiary alicyclic amines) is 2. The van der Waals surface area contributed by atoms with Gasteiger partial charge in [-0.25, -0.2) is 0 Å². The molecule has 6 nitrogen and oxygen atoms in total. The summed E-state index contributed by atoms with van der Waals surface area (Å²) in [6.07, 6.45) is 5.44. The minimum Gasteiger partial charge on any atom is -0.497 e. The fraction of sp³-hybridized carbons (Fsp3) is 0.407. The number of amides is 2. The third kappa shape index (κ3) is 4.15. The normalized spacial score (nSPS) is 21.8. The van der Waals surface area contributed by atoms with Gasteiger partial charge >= 0.3 is 0 Å². The maximum atomic E-state index is 13.7. The van der Waals surface area contributed by atoms with Gasteiger partial charge in [-0.3, -0.25) is 9.59 Å². The second-order valence-electron chi connectivity index (χ2n) is 9.68. The predicted molar refractivity (Wildman–Crippen MR) is 128 cm³/mol. The largest absolute Gasteiger partial charge is 0.497 e. The fourth-order valence-electron chi connectivity index (χ4n) is 5.66. The van der Waals surface area contributed by atoms with Crippen LogP contribution >= 0.6 is 0 Å². The first-order valence-electron chi connectivity index (χ1n) is 11.7. The minimum atomic E-state index is -0.554. The topological polar surface area (TPSA) is 53.1 Å². The van der Waals surface area contributed by atoms with Crippen LogP contribution in [-0.2, 0) is 16.1 Å². The van der Waals surface area contributed by atoms with Crippen LogP contribution in [0, 0.1) is 5.41 Å². The lowest BCUT2D eigenvalue weighted by Crippen LogP contribution is -2.59. The Bertz CT molecular complexity index is 1080. The molecule has 3 aliphatic heterocycles. The van der Waals surface area contributed by atoms with Crippen molar-refractivity contribution in [2.75, 3.05) is 40.3 Å². The second-order valence-corrected chi connectivity index (χ2v) is 9.68. The number of hydrogen-bond acceptors (Lipinski definition) is 4. The molecule has 2 aromatic rings. The number of carbonyl (C=O) groups is 2. The molecular formula is C27H31N3O3. The van der Waals surface area contributed by atoms with E-state index in [1.165, 1.54) is 0 Å². The number of piperidine rings is 1. The van der Waals surface area contributed by atoms with Crippen LogP contribution in [0.2, 0.25) is 0 Å². The third-order valence-corrected chi connectivity index (χ3v) is 7.38. The minimum absolute atomic E-state index is 0.0469. The van der Waals surface area contributed by atoms with Gasteiger partial charge in [0.05, 0.1) is 7.11 Å². The van der Waals surface area contributed by atoms with E-state index in [1.54, 1.807) is 24.2 Å². The van der Waals surface area contributed by atoms with E-state index < -0.39 is 6.04 Å². The Morgan fingerprint density at radius 1 is 1.06 bits per heavy atom. The first-order valence-corrected chi connectivity index (χ1v) is 11.7. The number of benzene rings is 2. The monoisotopic (exact) mass is 445 g/mol. The van der Waals surface area contributed by atoms with Crippen molar-refractivity contribution in [1.82, 2.24) is 14.7 Å². The van der Waals surface area contributed by atoms with E-state index >= 15 is 0 Å². The van der Waals surface area contributed by atoms with E-state index in [9.17, 15) is 9.59 Å². The summed E-state index contributed by atoms with van der Waals surface area (Å²) in [6.45, 7) is 4.25. The Kier molecular flexibility index (Phi) is 5.71. The number of ether oxygens (including phenoxy) is 1. The van der Waals surface area contributed by atoms with Gasteiger partial charge in [0.2, 0.25) is 11.8 Å². The Hall–Kier alpha value is -3.12. The molecule has 2 saturated heterocycles. The van der Waals surface area contributed by atoms with Gasteiger partial charge in [0, 0.05) is 38.8 Å². The molecule has 2 aromatic carbocycles. The molecule has 0 aliphatic carbocycles. The highest BCUT2D eigenvalue weighted by molar-refractivity contribution is 5.97. The number of hydrogen-bond donors (Lipinski definition) is 0. The SMILES string of the molecule is COc1cccc(/C=C/C(=O)N2Cc3ccccc3C2C(=O)N2CCC3(CC2)CN(C)C3)c1. The highest BCUT2D eigenvalue weighted by Gasteiger charge is 2.46. The maximum Gasteiger partial charge on any atom is 0.250 e. The van der Waals surface area contributed by atoms with Crippen LogP contribution in [0.25, 0.3) is 6.08 Å². The molecule has 172 valence electrons. The van der Waals surface area contributed by atoms with Crippen molar-refractivity contribution in [3.05, 3.63) is 71.3 Å². The molecule has 6 heteroatoms. The predicted octanol–water partition coefficient (Wildman–Crippen LogP) is 3.35. The lowest BCUT2D eigenvalue weighted by molar-refractivity contribution is -0.146. The molecule has 3 heterocycles. The molecule has 0 aromatic heterocycles. The van der Waals surface area contributed by atoms with Crippen LogP contribution in [0.3, 0.4) is 0 Å². The summed E-state index contributed by atoms with van der Waals surface area (Å²) in [5.74, 6) is 0.638. The van der Waals surface area contributed by atoms with Gasteiger partial charge in [-0.1, -0.05) is 36.4 Å². The standard InChI is InChI=1S/C27H31N3O3/c1-28-18-27(19-28)12-14-29(15-13-27)26(32)25-23-9-4-3-7-21(23)17-30(25)24(31)11-10-20-6-5-8-22(16-20)33-2/h3-11,16,25H,12-15,17-19H2,1-2H3/b11-10+. The highest BCUT2D eigenvalue weighted by atomic mass is 16.5. The Balaban J connectivity index is 1.34. The highest BCUT2D eigenvalue weighted by Crippen LogP contribution is 2.41. The van der Waals surface area contributed by atoms with Gasteiger partial charge in [0.15, 0.2) is 0 Å². The molecule has 2 amide bonds. The Morgan fingerprint density at radius 3 is 2.55 bits per heavy atom. The number of carbonyl (C=O) groups excluding carboxylic acids is 2. The maximum absolute atomic E-state index is 13.7. The summed E-state index contributed by atoms with van der Waals surface area (Å²) in [5.41, 5.74) is 3.27. The van der Waals surface area contributed by atoms with Crippen LogP contribution in [0.1, 0.15) is 35.6 Å². The zero-order valence-corrected chi connectivity index (χ0v) is 19.4. The van der Waals surface area contributed by atoms with Crippen LogP contribution in [0.5, 0.6) is 5.75 Å². The Morgan fingerprint density at radius 2 is 1.82 bits per heavy atom. The van der Waals surface area contributed by atoms with Gasteiger partial charge in [-0.15, -0.1) is 0 Å². The first kappa shape index (κ1) is 21.7. The van der Waals surface area contributed by atoms with Gasteiger partial charge in [0.25, 0.3) is 0 Å². The molecule has 1 atom stereocenters. The molecule has 0 N–H and O–H groups in total. The van der Waals surface area contributed by atoms with Crippen molar-refractivity contribution in [2.45, 2.75) is 25.4 Å². The quantitative estimate of drug-likeness (QED) is 0.678. The number of nitrogens with zero attached hydrogens (tertiary/aromatic N) is 3. The number of fused-ring (bicyclic) bond motifs is 1. The van der Waals surface area contributed by atoms with Crippen molar-refractivity contribution in [2.24, 2.45) is 5.41 Å². The molecule has 1 unspecified atom stereocenters. The van der Waals surface area contributed by atoms with E-state index in [-0.39, 0.29) is 11.8 Å². The average molecular weight is 446 g/mol. The van der Waals surface area contributed by atoms with Crippen molar-refractivity contribution in [3.63, 3.8) is 0 Å². The summed E-state index contributed by atoms with van der Waals surface area (Å²) in [7, 11) is 3.78. The average Bonchev–Trinajstić information content (AvgIpc) is 3.21. The van der Waals surface area contributed by atoms with Crippen LogP contribution < -0.4 is 4.74 Å². The molecular weight excluding hydrogens is 414 g/mol. The number of methoxy groups -OCH3 is 1. The molecule has 33 heavy (non-hydrogen) atoms. The van der Waals surface area contributed by atoms with Gasteiger partial charge in [-0.2, -0.15) is 0 Å². The summed E-state index contributed by atoms with van der Waals surface area (Å²) < 4.78 is 5.27. The van der Waals surface area contributed by atoms with Crippen LogP contribution in [0.4, 0.5) is 0 Å². The summed E-state index contributed by atoms with van der Waals surface area (Å²) in [5, 5.41) is 0. The van der Waals surface area contributed by atoms with Crippen LogP contribution in [-0.4, -0.2) is 66.9 Å². The van der Waals surface area contributed by atoms with Crippen molar-refractivity contribution >= 4 is 17.9 Å². The van der Waals surface area contributed by atoms with Crippen molar-refractivity contribution in [3.8, 4) is 5.75 Å². The molecule has 0 saturated carbocycles. The molecule has 0 bridgehead atoms. The summed E-state index contributed by atoms with van der Waals surface area (Å²) in [4.78, 5) is 33.0. The second kappa shape index (κ2) is 8.67. The number of rotatable bonds is 4. The first-order chi connectivity index (χ1) is 16.0. The molecule has 0 radical (unpaired) electrons. The zero-order valence-electron chi connectivity index (χ0n) is 19.4. The lowest BCUT2D eigenvalue weighted by atomic mass is 9.72. The van der Waals surface area contributed by atoms with E-state index in [0.717, 1.165) is 61.5 Å². The zero-order chi connectivity index (χ0) is 23.0. The smallest absolute Gasteiger partial charge is 0.250 e. The Labute approximate surface area is 195 Å². The van der Waals surface area contributed by atoms with Gasteiger partial charge < -0.3 is 19.4 Å². The molecule has 5 rings (SSSR count).